The molecule has 1 N–H and O–H groups in total. The fourth-order valence-corrected chi connectivity index (χ4v) is 3.18. The molecule has 1 fully saturated rings. The van der Waals surface area contributed by atoms with Crippen LogP contribution in [0, 0.1) is 0 Å². The summed E-state index contributed by atoms with van der Waals surface area (Å²) >= 11 is 0. The van der Waals surface area contributed by atoms with Gasteiger partial charge in [-0.3, -0.25) is 19.5 Å². The number of carbonyl (C=O) groups is 2. The molecule has 2 heterocycles. The van der Waals surface area contributed by atoms with Gasteiger partial charge >= 0.3 is 0 Å². The summed E-state index contributed by atoms with van der Waals surface area (Å²) in [6.45, 7) is 6.15. The monoisotopic (exact) mass is 396 g/mol. The first-order valence-electron chi connectivity index (χ1n) is 10.1. The molecule has 0 spiro atoms. The molecule has 0 atom stereocenters. The largest absolute Gasteiger partial charge is 0.489 e. The molecular formula is C22H28N4O3. The summed E-state index contributed by atoms with van der Waals surface area (Å²) in [6.07, 6.45) is 4.41. The molecule has 0 unspecified atom stereocenters. The summed E-state index contributed by atoms with van der Waals surface area (Å²) in [4.78, 5) is 32.7. The number of ether oxygens (including phenoxy) is 1. The quantitative estimate of drug-likeness (QED) is 0.738. The Morgan fingerprint density at radius 2 is 1.97 bits per heavy atom. The number of piperazine rings is 1. The fourth-order valence-electron chi connectivity index (χ4n) is 3.18. The minimum Gasteiger partial charge on any atom is -0.489 e. The predicted octanol–water partition coefficient (Wildman–Crippen LogP) is 1.94. The molecule has 1 saturated heterocycles. The van der Waals surface area contributed by atoms with E-state index in [0.717, 1.165) is 12.0 Å². The molecular weight excluding hydrogens is 368 g/mol. The predicted molar refractivity (Wildman–Crippen MR) is 111 cm³/mol. The van der Waals surface area contributed by atoms with Crippen LogP contribution in [-0.2, 0) is 11.4 Å². The van der Waals surface area contributed by atoms with Crippen LogP contribution in [0.3, 0.4) is 0 Å². The van der Waals surface area contributed by atoms with E-state index in [1.54, 1.807) is 18.5 Å². The van der Waals surface area contributed by atoms with Gasteiger partial charge in [-0.1, -0.05) is 19.1 Å². The molecule has 7 nitrogen and oxygen atoms in total. The Labute approximate surface area is 171 Å². The molecule has 1 aliphatic rings. The molecule has 1 aliphatic heterocycles. The van der Waals surface area contributed by atoms with Crippen molar-refractivity contribution in [3.05, 3.63) is 59.9 Å². The SMILES string of the molecule is CCCNC(=O)CN1CCN(C(=O)c2cccc(OCc3cccnc3)c2)CC1. The summed E-state index contributed by atoms with van der Waals surface area (Å²) < 4.78 is 5.80. The zero-order valence-electron chi connectivity index (χ0n) is 16.8. The third-order valence-electron chi connectivity index (χ3n) is 4.81. The molecule has 3 rings (SSSR count). The number of hydrogen-bond acceptors (Lipinski definition) is 5. The van der Waals surface area contributed by atoms with Crippen LogP contribution >= 0.6 is 0 Å². The van der Waals surface area contributed by atoms with Crippen molar-refractivity contribution in [2.45, 2.75) is 20.0 Å². The highest BCUT2D eigenvalue weighted by Crippen LogP contribution is 2.17. The van der Waals surface area contributed by atoms with Crippen molar-refractivity contribution in [2.24, 2.45) is 0 Å². The van der Waals surface area contributed by atoms with Crippen molar-refractivity contribution in [2.75, 3.05) is 39.3 Å². The Morgan fingerprint density at radius 1 is 1.14 bits per heavy atom. The van der Waals surface area contributed by atoms with Gasteiger partial charge in [-0.2, -0.15) is 0 Å². The van der Waals surface area contributed by atoms with Crippen LogP contribution in [0.1, 0.15) is 29.3 Å². The number of amides is 2. The smallest absolute Gasteiger partial charge is 0.254 e. The van der Waals surface area contributed by atoms with E-state index in [4.69, 9.17) is 4.74 Å². The number of carbonyl (C=O) groups excluding carboxylic acids is 2. The number of rotatable bonds is 8. The Hall–Kier alpha value is -2.93. The maximum absolute atomic E-state index is 12.9. The molecule has 154 valence electrons. The minimum absolute atomic E-state index is 0.00749. The van der Waals surface area contributed by atoms with E-state index >= 15 is 0 Å². The van der Waals surface area contributed by atoms with Gasteiger partial charge in [-0.25, -0.2) is 0 Å². The summed E-state index contributed by atoms with van der Waals surface area (Å²) in [5.74, 6) is 0.697. The number of aromatic nitrogens is 1. The Kier molecular flexibility index (Phi) is 7.58. The maximum atomic E-state index is 12.9. The van der Waals surface area contributed by atoms with Crippen molar-refractivity contribution in [1.29, 1.82) is 0 Å². The van der Waals surface area contributed by atoms with Gasteiger partial charge in [0.2, 0.25) is 5.91 Å². The average Bonchev–Trinajstić information content (AvgIpc) is 2.77. The molecule has 2 amide bonds. The van der Waals surface area contributed by atoms with Crippen LogP contribution in [0.4, 0.5) is 0 Å². The fraction of sp³-hybridized carbons (Fsp3) is 0.409. The molecule has 1 aromatic carbocycles. The first-order chi connectivity index (χ1) is 14.2. The second-order valence-corrected chi connectivity index (χ2v) is 7.10. The lowest BCUT2D eigenvalue weighted by molar-refractivity contribution is -0.122. The van der Waals surface area contributed by atoms with Gasteiger partial charge in [0, 0.05) is 56.2 Å². The van der Waals surface area contributed by atoms with Gasteiger partial charge in [0.05, 0.1) is 6.54 Å². The molecule has 1 aromatic heterocycles. The van der Waals surface area contributed by atoms with Gasteiger partial charge in [0.15, 0.2) is 0 Å². The average molecular weight is 396 g/mol. The van der Waals surface area contributed by atoms with Gasteiger partial charge in [0.25, 0.3) is 5.91 Å². The van der Waals surface area contributed by atoms with Gasteiger partial charge < -0.3 is 15.0 Å². The van der Waals surface area contributed by atoms with Gasteiger partial charge in [-0.15, -0.1) is 0 Å². The molecule has 0 bridgehead atoms. The zero-order valence-corrected chi connectivity index (χ0v) is 16.8. The lowest BCUT2D eigenvalue weighted by Crippen LogP contribution is -2.51. The summed E-state index contributed by atoms with van der Waals surface area (Å²) in [7, 11) is 0. The van der Waals surface area contributed by atoms with E-state index in [0.29, 0.717) is 57.2 Å². The lowest BCUT2D eigenvalue weighted by Gasteiger charge is -2.34. The van der Waals surface area contributed by atoms with Crippen molar-refractivity contribution in [1.82, 2.24) is 20.1 Å². The van der Waals surface area contributed by atoms with Crippen LogP contribution in [-0.4, -0.2) is 65.9 Å². The summed E-state index contributed by atoms with van der Waals surface area (Å²) in [6, 6.07) is 11.1. The Bertz CT molecular complexity index is 805. The van der Waals surface area contributed by atoms with Crippen LogP contribution < -0.4 is 10.1 Å². The van der Waals surface area contributed by atoms with E-state index < -0.39 is 0 Å². The minimum atomic E-state index is -0.00749. The normalized spacial score (nSPS) is 14.4. The second-order valence-electron chi connectivity index (χ2n) is 7.10. The number of benzene rings is 1. The Morgan fingerprint density at radius 3 is 2.69 bits per heavy atom. The third kappa shape index (κ3) is 6.29. The van der Waals surface area contributed by atoms with Crippen molar-refractivity contribution in [3.63, 3.8) is 0 Å². The Balaban J connectivity index is 1.50. The first kappa shape index (κ1) is 20.8. The molecule has 0 saturated carbocycles. The van der Waals surface area contributed by atoms with E-state index in [2.05, 4.69) is 15.2 Å². The van der Waals surface area contributed by atoms with Crippen molar-refractivity contribution >= 4 is 11.8 Å². The van der Waals surface area contributed by atoms with E-state index in [1.807, 2.05) is 42.2 Å². The van der Waals surface area contributed by atoms with E-state index in [9.17, 15) is 9.59 Å². The number of pyridine rings is 1. The topological polar surface area (TPSA) is 74.8 Å². The van der Waals surface area contributed by atoms with Crippen LogP contribution in [0.5, 0.6) is 5.75 Å². The highest BCUT2D eigenvalue weighted by atomic mass is 16.5. The highest BCUT2D eigenvalue weighted by Gasteiger charge is 2.23. The molecule has 29 heavy (non-hydrogen) atoms. The molecule has 0 radical (unpaired) electrons. The first-order valence-corrected chi connectivity index (χ1v) is 10.1. The summed E-state index contributed by atoms with van der Waals surface area (Å²) in [5, 5.41) is 2.89. The lowest BCUT2D eigenvalue weighted by atomic mass is 10.1. The van der Waals surface area contributed by atoms with Crippen LogP contribution in [0.2, 0.25) is 0 Å². The molecule has 2 aromatic rings. The number of nitrogens with zero attached hydrogens (tertiary/aromatic N) is 3. The number of hydrogen-bond donors (Lipinski definition) is 1. The van der Waals surface area contributed by atoms with Crippen molar-refractivity contribution < 1.29 is 14.3 Å². The maximum Gasteiger partial charge on any atom is 0.254 e. The van der Waals surface area contributed by atoms with Crippen LogP contribution in [0.15, 0.2) is 48.8 Å². The zero-order chi connectivity index (χ0) is 20.5. The van der Waals surface area contributed by atoms with Crippen molar-refractivity contribution in [3.8, 4) is 5.75 Å². The van der Waals surface area contributed by atoms with Gasteiger partial charge in [-0.05, 0) is 30.7 Å². The highest BCUT2D eigenvalue weighted by molar-refractivity contribution is 5.94. The van der Waals surface area contributed by atoms with E-state index in [1.165, 1.54) is 0 Å². The third-order valence-corrected chi connectivity index (χ3v) is 4.81. The molecule has 7 heteroatoms. The number of nitrogens with one attached hydrogen (secondary N) is 1. The van der Waals surface area contributed by atoms with E-state index in [-0.39, 0.29) is 11.8 Å². The van der Waals surface area contributed by atoms with Crippen LogP contribution in [0.25, 0.3) is 0 Å². The van der Waals surface area contributed by atoms with Gasteiger partial charge in [0.1, 0.15) is 12.4 Å². The standard InChI is InChI=1S/C22H28N4O3/c1-2-8-24-21(27)16-25-10-12-26(13-11-25)22(28)19-6-3-7-20(14-19)29-17-18-5-4-9-23-15-18/h3-7,9,14-15H,2,8,10-13,16-17H2,1H3,(H,24,27). The second kappa shape index (κ2) is 10.6. The molecule has 0 aliphatic carbocycles. The summed E-state index contributed by atoms with van der Waals surface area (Å²) in [5.41, 5.74) is 1.59.